The van der Waals surface area contributed by atoms with Gasteiger partial charge in [0.15, 0.2) is 0 Å². The van der Waals surface area contributed by atoms with Gasteiger partial charge in [0, 0.05) is 13.1 Å². The molecule has 0 saturated carbocycles. The topological polar surface area (TPSA) is 29.3 Å². The maximum Gasteiger partial charge on any atom is 0.0571 e. The molecule has 0 aliphatic carbocycles. The second-order valence-electron chi connectivity index (χ2n) is 5.80. The molecule has 0 saturated heterocycles. The van der Waals surface area contributed by atoms with Gasteiger partial charge < -0.3 is 5.73 Å². The van der Waals surface area contributed by atoms with E-state index in [0.717, 1.165) is 19.5 Å². The van der Waals surface area contributed by atoms with Crippen LogP contribution in [0.5, 0.6) is 0 Å². The smallest absolute Gasteiger partial charge is 0.0571 e. The predicted molar refractivity (Wildman–Crippen MR) is 73.4 cm³/mol. The maximum atomic E-state index is 6.28. The maximum absolute atomic E-state index is 6.28. The molecular weight excluding hydrogens is 196 g/mol. The van der Waals surface area contributed by atoms with Crippen LogP contribution >= 0.6 is 0 Å². The number of unbranched alkanes of at least 4 members (excludes halogenated alkanes) is 2. The average molecular weight is 228 g/mol. The molecule has 0 fully saturated rings. The zero-order chi connectivity index (χ0) is 12.6. The van der Waals surface area contributed by atoms with E-state index in [1.807, 2.05) is 0 Å². The van der Waals surface area contributed by atoms with E-state index in [2.05, 4.69) is 39.5 Å². The van der Waals surface area contributed by atoms with Gasteiger partial charge in [0.1, 0.15) is 0 Å². The first-order valence-electron chi connectivity index (χ1n) is 6.97. The summed E-state index contributed by atoms with van der Waals surface area (Å²) in [4.78, 5) is 2.46. The zero-order valence-electron chi connectivity index (χ0n) is 12.0. The van der Waals surface area contributed by atoms with Gasteiger partial charge in [-0.15, -0.1) is 0 Å². The van der Waals surface area contributed by atoms with Crippen LogP contribution in [0.2, 0.25) is 0 Å². The van der Waals surface area contributed by atoms with Crippen molar-refractivity contribution in [1.82, 2.24) is 4.90 Å². The van der Waals surface area contributed by atoms with E-state index in [-0.39, 0.29) is 6.17 Å². The van der Waals surface area contributed by atoms with Crippen molar-refractivity contribution < 1.29 is 0 Å². The molecule has 2 nitrogen and oxygen atoms in total. The standard InChI is InChI=1S/C14H32N2/c1-6-7-8-9-14(15)16(10-12(2)3)11-13(4)5/h12-14H,6-11,15H2,1-5H3. The zero-order valence-corrected chi connectivity index (χ0v) is 12.0. The minimum Gasteiger partial charge on any atom is -0.316 e. The van der Waals surface area contributed by atoms with Crippen molar-refractivity contribution in [2.24, 2.45) is 17.6 Å². The summed E-state index contributed by atoms with van der Waals surface area (Å²) in [5, 5.41) is 0. The molecular formula is C14H32N2. The molecule has 2 heteroatoms. The third kappa shape index (κ3) is 8.12. The summed E-state index contributed by atoms with van der Waals surface area (Å²) < 4.78 is 0. The Morgan fingerprint density at radius 3 is 1.81 bits per heavy atom. The fourth-order valence-corrected chi connectivity index (χ4v) is 2.07. The van der Waals surface area contributed by atoms with Crippen LogP contribution in [0.3, 0.4) is 0 Å². The van der Waals surface area contributed by atoms with Gasteiger partial charge >= 0.3 is 0 Å². The third-order valence-electron chi connectivity index (χ3n) is 2.77. The molecule has 0 aromatic carbocycles. The molecule has 16 heavy (non-hydrogen) atoms. The van der Waals surface area contributed by atoms with Crippen LogP contribution in [0.4, 0.5) is 0 Å². The lowest BCUT2D eigenvalue weighted by atomic mass is 10.1. The van der Waals surface area contributed by atoms with Crippen molar-refractivity contribution in [3.05, 3.63) is 0 Å². The number of hydrogen-bond acceptors (Lipinski definition) is 2. The van der Waals surface area contributed by atoms with E-state index < -0.39 is 0 Å². The molecule has 1 atom stereocenters. The normalized spacial score (nSPS) is 14.1. The summed E-state index contributed by atoms with van der Waals surface area (Å²) in [6, 6.07) is 0. The third-order valence-corrected chi connectivity index (χ3v) is 2.77. The van der Waals surface area contributed by atoms with E-state index >= 15 is 0 Å². The van der Waals surface area contributed by atoms with Gasteiger partial charge in [-0.2, -0.15) is 0 Å². The van der Waals surface area contributed by atoms with Crippen LogP contribution in [0.15, 0.2) is 0 Å². The molecule has 0 aliphatic rings. The lowest BCUT2D eigenvalue weighted by molar-refractivity contribution is 0.149. The molecule has 0 radical (unpaired) electrons. The van der Waals surface area contributed by atoms with Crippen LogP contribution in [0, 0.1) is 11.8 Å². The number of nitrogens with two attached hydrogens (primary N) is 1. The summed E-state index contributed by atoms with van der Waals surface area (Å²) in [6.45, 7) is 13.6. The fraction of sp³-hybridized carbons (Fsp3) is 1.00. The van der Waals surface area contributed by atoms with Gasteiger partial charge in [0.2, 0.25) is 0 Å². The quantitative estimate of drug-likeness (QED) is 0.484. The van der Waals surface area contributed by atoms with Crippen molar-refractivity contribution in [3.8, 4) is 0 Å². The highest BCUT2D eigenvalue weighted by Gasteiger charge is 2.16. The largest absolute Gasteiger partial charge is 0.316 e. The fourth-order valence-electron chi connectivity index (χ4n) is 2.07. The van der Waals surface area contributed by atoms with E-state index in [9.17, 15) is 0 Å². The van der Waals surface area contributed by atoms with Gasteiger partial charge in [-0.3, -0.25) is 4.90 Å². The summed E-state index contributed by atoms with van der Waals surface area (Å²) in [5.41, 5.74) is 6.28. The monoisotopic (exact) mass is 228 g/mol. The minimum absolute atomic E-state index is 0.261. The Morgan fingerprint density at radius 1 is 0.938 bits per heavy atom. The number of rotatable bonds is 9. The molecule has 2 N–H and O–H groups in total. The Hall–Kier alpha value is -0.0800. The van der Waals surface area contributed by atoms with Crippen LogP contribution in [0.1, 0.15) is 60.3 Å². The number of nitrogens with zero attached hydrogens (tertiary/aromatic N) is 1. The van der Waals surface area contributed by atoms with E-state index in [4.69, 9.17) is 5.73 Å². The second kappa shape index (κ2) is 9.00. The van der Waals surface area contributed by atoms with Crippen LogP contribution in [0.25, 0.3) is 0 Å². The van der Waals surface area contributed by atoms with Crippen LogP contribution in [-0.2, 0) is 0 Å². The Kier molecular flexibility index (Phi) is 8.96. The van der Waals surface area contributed by atoms with Gasteiger partial charge in [-0.05, 0) is 18.3 Å². The molecule has 0 aromatic heterocycles. The highest BCUT2D eigenvalue weighted by Crippen LogP contribution is 2.11. The first-order valence-corrected chi connectivity index (χ1v) is 6.97. The van der Waals surface area contributed by atoms with Crippen molar-refractivity contribution in [1.29, 1.82) is 0 Å². The number of hydrogen-bond donors (Lipinski definition) is 1. The minimum atomic E-state index is 0.261. The van der Waals surface area contributed by atoms with Gasteiger partial charge in [0.25, 0.3) is 0 Å². The molecule has 98 valence electrons. The highest BCUT2D eigenvalue weighted by atomic mass is 15.2. The van der Waals surface area contributed by atoms with Crippen LogP contribution in [-0.4, -0.2) is 24.2 Å². The molecule has 0 heterocycles. The molecule has 0 rings (SSSR count). The van der Waals surface area contributed by atoms with Crippen molar-refractivity contribution in [2.45, 2.75) is 66.5 Å². The van der Waals surface area contributed by atoms with Crippen molar-refractivity contribution in [3.63, 3.8) is 0 Å². The van der Waals surface area contributed by atoms with Crippen molar-refractivity contribution >= 4 is 0 Å². The first kappa shape index (κ1) is 15.9. The second-order valence-corrected chi connectivity index (χ2v) is 5.80. The Balaban J connectivity index is 4.04. The Labute approximate surface area is 103 Å². The highest BCUT2D eigenvalue weighted by molar-refractivity contribution is 4.69. The summed E-state index contributed by atoms with van der Waals surface area (Å²) >= 11 is 0. The van der Waals surface area contributed by atoms with Gasteiger partial charge in [-0.25, -0.2) is 0 Å². The Morgan fingerprint density at radius 2 is 1.44 bits per heavy atom. The average Bonchev–Trinajstić information content (AvgIpc) is 2.15. The molecule has 0 amide bonds. The predicted octanol–water partition coefficient (Wildman–Crippen LogP) is 3.47. The van der Waals surface area contributed by atoms with E-state index in [1.165, 1.54) is 19.3 Å². The van der Waals surface area contributed by atoms with Crippen molar-refractivity contribution in [2.75, 3.05) is 13.1 Å². The van der Waals surface area contributed by atoms with E-state index in [0.29, 0.717) is 11.8 Å². The summed E-state index contributed by atoms with van der Waals surface area (Å²) in [5.74, 6) is 1.41. The summed E-state index contributed by atoms with van der Waals surface area (Å²) in [6.07, 6.45) is 5.26. The SMILES string of the molecule is CCCCCC(N)N(CC(C)C)CC(C)C. The van der Waals surface area contributed by atoms with Gasteiger partial charge in [-0.1, -0.05) is 53.9 Å². The van der Waals surface area contributed by atoms with E-state index in [1.54, 1.807) is 0 Å². The molecule has 1 unspecified atom stereocenters. The first-order chi connectivity index (χ1) is 7.47. The van der Waals surface area contributed by atoms with Crippen LogP contribution < -0.4 is 5.73 Å². The Bertz CT molecular complexity index is 145. The lowest BCUT2D eigenvalue weighted by Gasteiger charge is -2.31. The molecule has 0 spiro atoms. The molecule has 0 bridgehead atoms. The molecule has 0 aliphatic heterocycles. The lowest BCUT2D eigenvalue weighted by Crippen LogP contribution is -2.45. The van der Waals surface area contributed by atoms with Gasteiger partial charge in [0.05, 0.1) is 6.17 Å². The summed E-state index contributed by atoms with van der Waals surface area (Å²) in [7, 11) is 0. The molecule has 0 aromatic rings.